The van der Waals surface area contributed by atoms with Gasteiger partial charge in [0, 0.05) is 23.4 Å². The molecular weight excluding hydrogens is 190 g/mol. The standard InChI is InChI=1S/C12H11NO2/c1-7-9-5-3-4-6-10(9)12(15)11(13-7)8(2)14/h3-6,15H,1-2H3. The number of carbonyl (C=O) groups excluding carboxylic acids is 1. The van der Waals surface area contributed by atoms with E-state index in [0.717, 1.165) is 11.1 Å². The van der Waals surface area contributed by atoms with Crippen molar-refractivity contribution in [2.75, 3.05) is 0 Å². The second-order valence-electron chi connectivity index (χ2n) is 3.50. The highest BCUT2D eigenvalue weighted by molar-refractivity contribution is 6.02. The van der Waals surface area contributed by atoms with Gasteiger partial charge in [-0.2, -0.15) is 0 Å². The highest BCUT2D eigenvalue weighted by atomic mass is 16.3. The molecule has 1 aromatic carbocycles. The van der Waals surface area contributed by atoms with Crippen molar-refractivity contribution < 1.29 is 9.90 Å². The summed E-state index contributed by atoms with van der Waals surface area (Å²) in [6, 6.07) is 7.36. The number of aromatic nitrogens is 1. The number of aryl methyl sites for hydroxylation is 1. The fraction of sp³-hybridized carbons (Fsp3) is 0.167. The summed E-state index contributed by atoms with van der Waals surface area (Å²) in [6.45, 7) is 3.23. The van der Waals surface area contributed by atoms with Crippen molar-refractivity contribution >= 4 is 16.6 Å². The molecule has 15 heavy (non-hydrogen) atoms. The summed E-state index contributed by atoms with van der Waals surface area (Å²) >= 11 is 0. The molecule has 0 aliphatic rings. The first-order valence-corrected chi connectivity index (χ1v) is 4.70. The maximum atomic E-state index is 11.2. The van der Waals surface area contributed by atoms with E-state index in [1.165, 1.54) is 6.92 Å². The van der Waals surface area contributed by atoms with Gasteiger partial charge in [0.15, 0.2) is 11.5 Å². The number of hydrogen-bond acceptors (Lipinski definition) is 3. The van der Waals surface area contributed by atoms with Gasteiger partial charge in [0.1, 0.15) is 5.69 Å². The molecule has 0 fully saturated rings. The third kappa shape index (κ3) is 1.46. The lowest BCUT2D eigenvalue weighted by Gasteiger charge is -2.07. The molecule has 0 aliphatic heterocycles. The number of hydrogen-bond donors (Lipinski definition) is 1. The molecule has 0 radical (unpaired) electrons. The number of fused-ring (bicyclic) bond motifs is 1. The molecule has 0 amide bonds. The molecule has 3 nitrogen and oxygen atoms in total. The van der Waals surface area contributed by atoms with Crippen LogP contribution in [0.5, 0.6) is 5.75 Å². The van der Waals surface area contributed by atoms with Gasteiger partial charge in [0.05, 0.1) is 0 Å². The number of ketones is 1. The molecule has 0 saturated heterocycles. The summed E-state index contributed by atoms with van der Waals surface area (Å²) in [6.07, 6.45) is 0. The second kappa shape index (κ2) is 3.35. The second-order valence-corrected chi connectivity index (χ2v) is 3.50. The molecule has 0 bridgehead atoms. The number of benzene rings is 1. The smallest absolute Gasteiger partial charge is 0.181 e. The first-order chi connectivity index (χ1) is 7.11. The number of carbonyl (C=O) groups is 1. The van der Waals surface area contributed by atoms with Gasteiger partial charge in [-0.1, -0.05) is 24.3 Å². The monoisotopic (exact) mass is 201 g/mol. The fourth-order valence-corrected chi connectivity index (χ4v) is 1.66. The zero-order chi connectivity index (χ0) is 11.0. The summed E-state index contributed by atoms with van der Waals surface area (Å²) in [4.78, 5) is 15.3. The largest absolute Gasteiger partial charge is 0.505 e. The minimum atomic E-state index is -0.221. The number of aromatic hydroxyl groups is 1. The Morgan fingerprint density at radius 1 is 1.27 bits per heavy atom. The Labute approximate surface area is 87.4 Å². The van der Waals surface area contributed by atoms with Crippen molar-refractivity contribution in [3.05, 3.63) is 35.7 Å². The van der Waals surface area contributed by atoms with E-state index in [4.69, 9.17) is 0 Å². The van der Waals surface area contributed by atoms with Crippen LogP contribution in [-0.2, 0) is 0 Å². The maximum Gasteiger partial charge on any atom is 0.181 e. The van der Waals surface area contributed by atoms with E-state index in [2.05, 4.69) is 4.98 Å². The highest BCUT2D eigenvalue weighted by Crippen LogP contribution is 2.29. The van der Waals surface area contributed by atoms with Gasteiger partial charge in [-0.3, -0.25) is 4.79 Å². The molecule has 0 saturated carbocycles. The highest BCUT2D eigenvalue weighted by Gasteiger charge is 2.13. The third-order valence-corrected chi connectivity index (χ3v) is 2.41. The lowest BCUT2D eigenvalue weighted by atomic mass is 10.1. The lowest BCUT2D eigenvalue weighted by molar-refractivity contribution is 0.101. The summed E-state index contributed by atoms with van der Waals surface area (Å²) in [5.41, 5.74) is 0.903. The van der Waals surface area contributed by atoms with Gasteiger partial charge in [0.25, 0.3) is 0 Å². The predicted octanol–water partition coefficient (Wildman–Crippen LogP) is 2.45. The van der Waals surface area contributed by atoms with Crippen LogP contribution in [0, 0.1) is 6.92 Å². The quantitative estimate of drug-likeness (QED) is 0.721. The Morgan fingerprint density at radius 2 is 1.87 bits per heavy atom. The van der Waals surface area contributed by atoms with Gasteiger partial charge in [-0.25, -0.2) is 4.98 Å². The van der Waals surface area contributed by atoms with Crippen LogP contribution in [0.25, 0.3) is 10.8 Å². The zero-order valence-electron chi connectivity index (χ0n) is 8.61. The van der Waals surface area contributed by atoms with Crippen molar-refractivity contribution in [3.8, 4) is 5.75 Å². The van der Waals surface area contributed by atoms with Gasteiger partial charge in [0.2, 0.25) is 0 Å². The molecule has 1 N–H and O–H groups in total. The minimum absolute atomic E-state index is 0.0244. The summed E-state index contributed by atoms with van der Waals surface area (Å²) in [5, 5.41) is 11.4. The molecule has 3 heteroatoms. The van der Waals surface area contributed by atoms with E-state index in [1.54, 1.807) is 6.07 Å². The van der Waals surface area contributed by atoms with Crippen LogP contribution in [0.3, 0.4) is 0 Å². The average Bonchev–Trinajstić information content (AvgIpc) is 2.23. The molecule has 1 aromatic heterocycles. The molecule has 2 aromatic rings. The number of Topliss-reactive ketones (excluding diaryl/α,β-unsaturated/α-hetero) is 1. The maximum absolute atomic E-state index is 11.2. The Bertz CT molecular complexity index is 547. The molecule has 2 rings (SSSR count). The van der Waals surface area contributed by atoms with E-state index in [9.17, 15) is 9.90 Å². The number of nitrogens with zero attached hydrogens (tertiary/aromatic N) is 1. The van der Waals surface area contributed by atoms with E-state index in [-0.39, 0.29) is 17.2 Å². The SMILES string of the molecule is CC(=O)c1nc(C)c2ccccc2c1O. The van der Waals surface area contributed by atoms with Crippen molar-refractivity contribution in [1.29, 1.82) is 0 Å². The molecule has 1 heterocycles. The van der Waals surface area contributed by atoms with E-state index in [0.29, 0.717) is 5.39 Å². The topological polar surface area (TPSA) is 50.2 Å². The fourth-order valence-electron chi connectivity index (χ4n) is 1.66. The Morgan fingerprint density at radius 3 is 2.47 bits per heavy atom. The Hall–Kier alpha value is -1.90. The van der Waals surface area contributed by atoms with Crippen LogP contribution in [0.15, 0.2) is 24.3 Å². The van der Waals surface area contributed by atoms with Gasteiger partial charge in [-0.05, 0) is 6.92 Å². The van der Waals surface area contributed by atoms with Crippen molar-refractivity contribution in [2.24, 2.45) is 0 Å². The number of rotatable bonds is 1. The first-order valence-electron chi connectivity index (χ1n) is 4.70. The van der Waals surface area contributed by atoms with E-state index >= 15 is 0 Å². The van der Waals surface area contributed by atoms with Crippen LogP contribution in [0.2, 0.25) is 0 Å². The lowest BCUT2D eigenvalue weighted by Crippen LogP contribution is -2.00. The van der Waals surface area contributed by atoms with Crippen LogP contribution < -0.4 is 0 Å². The minimum Gasteiger partial charge on any atom is -0.505 e. The molecule has 0 unspecified atom stereocenters. The average molecular weight is 201 g/mol. The molecule has 0 spiro atoms. The first kappa shape index (κ1) is 9.65. The van der Waals surface area contributed by atoms with Crippen LogP contribution in [-0.4, -0.2) is 15.9 Å². The molecule has 0 aliphatic carbocycles. The predicted molar refractivity (Wildman–Crippen MR) is 58.1 cm³/mol. The van der Waals surface area contributed by atoms with Gasteiger partial charge in [-0.15, -0.1) is 0 Å². The van der Waals surface area contributed by atoms with Gasteiger partial charge >= 0.3 is 0 Å². The normalized spacial score (nSPS) is 10.5. The molecular formula is C12H11NO2. The van der Waals surface area contributed by atoms with Crippen molar-refractivity contribution in [1.82, 2.24) is 4.98 Å². The van der Waals surface area contributed by atoms with E-state index in [1.807, 2.05) is 25.1 Å². The zero-order valence-corrected chi connectivity index (χ0v) is 8.61. The van der Waals surface area contributed by atoms with Crippen LogP contribution in [0.4, 0.5) is 0 Å². The summed E-state index contributed by atoms with van der Waals surface area (Å²) < 4.78 is 0. The Balaban J connectivity index is 2.90. The summed E-state index contributed by atoms with van der Waals surface area (Å²) in [7, 11) is 0. The molecule has 76 valence electrons. The van der Waals surface area contributed by atoms with Crippen molar-refractivity contribution in [2.45, 2.75) is 13.8 Å². The van der Waals surface area contributed by atoms with Crippen LogP contribution >= 0.6 is 0 Å². The third-order valence-electron chi connectivity index (χ3n) is 2.41. The number of pyridine rings is 1. The Kier molecular flexibility index (Phi) is 2.15. The van der Waals surface area contributed by atoms with Crippen LogP contribution in [0.1, 0.15) is 23.1 Å². The molecule has 0 atom stereocenters. The van der Waals surface area contributed by atoms with E-state index < -0.39 is 0 Å². The summed E-state index contributed by atoms with van der Waals surface area (Å²) in [5.74, 6) is -0.245. The van der Waals surface area contributed by atoms with Gasteiger partial charge < -0.3 is 5.11 Å². The van der Waals surface area contributed by atoms with Crippen molar-refractivity contribution in [3.63, 3.8) is 0 Å².